The van der Waals surface area contributed by atoms with E-state index >= 15 is 0 Å². The van der Waals surface area contributed by atoms with E-state index in [1.165, 1.54) is 12.8 Å². The van der Waals surface area contributed by atoms with Gasteiger partial charge in [0.25, 0.3) is 0 Å². The lowest BCUT2D eigenvalue weighted by atomic mass is 10.2. The highest BCUT2D eigenvalue weighted by molar-refractivity contribution is 5.38. The Kier molecular flexibility index (Phi) is 3.50. The lowest BCUT2D eigenvalue weighted by molar-refractivity contribution is 0.584. The summed E-state index contributed by atoms with van der Waals surface area (Å²) in [6.45, 7) is 5.33. The van der Waals surface area contributed by atoms with Crippen molar-refractivity contribution in [2.45, 2.75) is 25.8 Å². The van der Waals surface area contributed by atoms with Crippen LogP contribution < -0.4 is 10.2 Å². The first-order valence-corrected chi connectivity index (χ1v) is 5.65. The third kappa shape index (κ3) is 2.45. The van der Waals surface area contributed by atoms with Gasteiger partial charge in [0.05, 0.1) is 6.20 Å². The quantitative estimate of drug-likeness (QED) is 0.799. The molecule has 1 unspecified atom stereocenters. The molecule has 0 radical (unpaired) electrons. The number of hydrogen-bond donors (Lipinski definition) is 1. The van der Waals surface area contributed by atoms with Crippen molar-refractivity contribution in [3.05, 3.63) is 18.6 Å². The van der Waals surface area contributed by atoms with Crippen molar-refractivity contribution < 1.29 is 0 Å². The first kappa shape index (κ1) is 10.4. The number of likely N-dealkylation sites (N-methyl/N-ethyl adjacent to an activating group) is 1. The normalized spacial score (nSPS) is 20.9. The maximum absolute atomic E-state index is 4.35. The molecule has 1 aromatic rings. The Morgan fingerprint density at radius 2 is 2.47 bits per heavy atom. The van der Waals surface area contributed by atoms with Crippen LogP contribution in [0.3, 0.4) is 0 Å². The van der Waals surface area contributed by atoms with Crippen molar-refractivity contribution >= 4 is 5.82 Å². The predicted octanol–water partition coefficient (Wildman–Crippen LogP) is 1.05. The predicted molar refractivity (Wildman–Crippen MR) is 60.9 cm³/mol. The zero-order valence-corrected chi connectivity index (χ0v) is 9.19. The van der Waals surface area contributed by atoms with Gasteiger partial charge >= 0.3 is 0 Å². The molecule has 1 aliphatic heterocycles. The molecule has 1 N–H and O–H groups in total. The average molecular weight is 206 g/mol. The molecule has 1 aromatic heterocycles. The van der Waals surface area contributed by atoms with E-state index in [1.807, 2.05) is 6.20 Å². The van der Waals surface area contributed by atoms with E-state index in [1.54, 1.807) is 12.4 Å². The first-order valence-electron chi connectivity index (χ1n) is 5.65. The Bertz CT molecular complexity index is 288. The van der Waals surface area contributed by atoms with Crippen LogP contribution in [-0.2, 0) is 0 Å². The van der Waals surface area contributed by atoms with Gasteiger partial charge in [-0.05, 0) is 19.4 Å². The van der Waals surface area contributed by atoms with Crippen LogP contribution >= 0.6 is 0 Å². The van der Waals surface area contributed by atoms with Gasteiger partial charge in [-0.25, -0.2) is 4.98 Å². The van der Waals surface area contributed by atoms with Gasteiger partial charge in [0, 0.05) is 31.5 Å². The van der Waals surface area contributed by atoms with Gasteiger partial charge in [0.15, 0.2) is 0 Å². The molecular weight excluding hydrogens is 188 g/mol. The average Bonchev–Trinajstić information content (AvgIpc) is 2.75. The maximum Gasteiger partial charge on any atom is 0.147 e. The Balaban J connectivity index is 2.01. The molecule has 2 heterocycles. The van der Waals surface area contributed by atoms with Crippen molar-refractivity contribution in [3.8, 4) is 0 Å². The largest absolute Gasteiger partial charge is 0.351 e. The third-order valence-electron chi connectivity index (χ3n) is 2.85. The fourth-order valence-corrected chi connectivity index (χ4v) is 2.10. The van der Waals surface area contributed by atoms with Gasteiger partial charge in [-0.2, -0.15) is 0 Å². The lowest BCUT2D eigenvalue weighted by Gasteiger charge is -2.25. The lowest BCUT2D eigenvalue weighted by Crippen LogP contribution is -2.38. The van der Waals surface area contributed by atoms with E-state index in [-0.39, 0.29) is 0 Å². The van der Waals surface area contributed by atoms with Crippen molar-refractivity contribution in [2.75, 3.05) is 24.5 Å². The molecule has 1 atom stereocenters. The summed E-state index contributed by atoms with van der Waals surface area (Å²) in [5.41, 5.74) is 0. The second-order valence-electron chi connectivity index (χ2n) is 3.86. The molecule has 0 amide bonds. The summed E-state index contributed by atoms with van der Waals surface area (Å²) in [6.07, 6.45) is 7.84. The molecule has 1 saturated heterocycles. The SMILES string of the molecule is CCNCC1CCCN1c1cnccn1. The third-order valence-corrected chi connectivity index (χ3v) is 2.85. The summed E-state index contributed by atoms with van der Waals surface area (Å²) in [5.74, 6) is 1.01. The molecule has 0 bridgehead atoms. The number of hydrogen-bond acceptors (Lipinski definition) is 4. The van der Waals surface area contributed by atoms with Gasteiger partial charge in [0.1, 0.15) is 5.82 Å². The molecule has 1 fully saturated rings. The number of anilines is 1. The molecule has 1 aliphatic rings. The summed E-state index contributed by atoms with van der Waals surface area (Å²) in [7, 11) is 0. The zero-order chi connectivity index (χ0) is 10.5. The van der Waals surface area contributed by atoms with Crippen LogP contribution in [0.5, 0.6) is 0 Å². The zero-order valence-electron chi connectivity index (χ0n) is 9.19. The van der Waals surface area contributed by atoms with Crippen molar-refractivity contribution in [3.63, 3.8) is 0 Å². The fourth-order valence-electron chi connectivity index (χ4n) is 2.10. The van der Waals surface area contributed by atoms with E-state index in [9.17, 15) is 0 Å². The molecule has 0 aliphatic carbocycles. The molecule has 0 aromatic carbocycles. The maximum atomic E-state index is 4.35. The molecule has 4 heteroatoms. The Labute approximate surface area is 90.7 Å². The Morgan fingerprint density at radius 3 is 3.20 bits per heavy atom. The second-order valence-corrected chi connectivity index (χ2v) is 3.86. The van der Waals surface area contributed by atoms with Crippen LogP contribution in [0.15, 0.2) is 18.6 Å². The van der Waals surface area contributed by atoms with Crippen LogP contribution in [0, 0.1) is 0 Å². The summed E-state index contributed by atoms with van der Waals surface area (Å²) < 4.78 is 0. The molecule has 2 rings (SSSR count). The van der Waals surface area contributed by atoms with Gasteiger partial charge in [-0.1, -0.05) is 6.92 Å². The highest BCUT2D eigenvalue weighted by atomic mass is 15.2. The number of nitrogens with zero attached hydrogens (tertiary/aromatic N) is 3. The van der Waals surface area contributed by atoms with Gasteiger partial charge < -0.3 is 10.2 Å². The van der Waals surface area contributed by atoms with E-state index in [0.717, 1.165) is 25.5 Å². The second kappa shape index (κ2) is 5.07. The molecule has 82 valence electrons. The summed E-state index contributed by atoms with van der Waals surface area (Å²) in [4.78, 5) is 10.8. The van der Waals surface area contributed by atoms with Crippen LogP contribution in [0.1, 0.15) is 19.8 Å². The van der Waals surface area contributed by atoms with Gasteiger partial charge in [-0.3, -0.25) is 4.98 Å². The fraction of sp³-hybridized carbons (Fsp3) is 0.636. The van der Waals surface area contributed by atoms with E-state index in [4.69, 9.17) is 0 Å². The Hall–Kier alpha value is -1.16. The number of rotatable bonds is 4. The van der Waals surface area contributed by atoms with Crippen LogP contribution in [-0.4, -0.2) is 35.6 Å². The molecular formula is C11H18N4. The van der Waals surface area contributed by atoms with E-state index in [0.29, 0.717) is 6.04 Å². The highest BCUT2D eigenvalue weighted by Crippen LogP contribution is 2.22. The molecule has 4 nitrogen and oxygen atoms in total. The minimum atomic E-state index is 0.585. The monoisotopic (exact) mass is 206 g/mol. The van der Waals surface area contributed by atoms with E-state index < -0.39 is 0 Å². The topological polar surface area (TPSA) is 41.0 Å². The highest BCUT2D eigenvalue weighted by Gasteiger charge is 2.24. The minimum absolute atomic E-state index is 0.585. The van der Waals surface area contributed by atoms with Gasteiger partial charge in [0.2, 0.25) is 0 Å². The van der Waals surface area contributed by atoms with Crippen LogP contribution in [0.2, 0.25) is 0 Å². The first-order chi connectivity index (χ1) is 7.42. The van der Waals surface area contributed by atoms with Crippen LogP contribution in [0.4, 0.5) is 5.82 Å². The van der Waals surface area contributed by atoms with Crippen molar-refractivity contribution in [1.29, 1.82) is 0 Å². The summed E-state index contributed by atoms with van der Waals surface area (Å²) in [5, 5.41) is 3.40. The number of nitrogens with one attached hydrogen (secondary N) is 1. The molecule has 0 spiro atoms. The smallest absolute Gasteiger partial charge is 0.147 e. The Morgan fingerprint density at radius 1 is 1.53 bits per heavy atom. The minimum Gasteiger partial charge on any atom is -0.351 e. The van der Waals surface area contributed by atoms with Crippen LogP contribution in [0.25, 0.3) is 0 Å². The van der Waals surface area contributed by atoms with E-state index in [2.05, 4.69) is 27.1 Å². The molecule has 15 heavy (non-hydrogen) atoms. The standard InChI is InChI=1S/C11H18N4/c1-2-12-8-10-4-3-7-15(10)11-9-13-5-6-14-11/h5-6,9-10,12H,2-4,7-8H2,1H3. The van der Waals surface area contributed by atoms with Gasteiger partial charge in [-0.15, -0.1) is 0 Å². The van der Waals surface area contributed by atoms with Crippen molar-refractivity contribution in [1.82, 2.24) is 15.3 Å². The summed E-state index contributed by atoms with van der Waals surface area (Å²) >= 11 is 0. The van der Waals surface area contributed by atoms with Crippen molar-refractivity contribution in [2.24, 2.45) is 0 Å². The number of aromatic nitrogens is 2. The molecule has 0 saturated carbocycles. The summed E-state index contributed by atoms with van der Waals surface area (Å²) in [6, 6.07) is 0.585.